The Morgan fingerprint density at radius 1 is 1.05 bits per heavy atom. The molecule has 0 saturated heterocycles. The van der Waals surface area contributed by atoms with Crippen molar-refractivity contribution in [3.8, 4) is 11.3 Å². The zero-order valence-electron chi connectivity index (χ0n) is 11.8. The average Bonchev–Trinajstić information content (AvgIpc) is 3.17. The molecule has 4 rings (SSSR count). The van der Waals surface area contributed by atoms with E-state index in [1.54, 1.807) is 0 Å². The maximum absolute atomic E-state index is 4.79. The molecule has 1 unspecified atom stereocenters. The number of hydrogen-bond acceptors (Lipinski definition) is 2. The molecule has 1 atom stereocenters. The first-order chi connectivity index (χ1) is 9.92. The maximum Gasteiger partial charge on any atom is 0.203 e. The van der Waals surface area contributed by atoms with Crippen molar-refractivity contribution in [1.82, 2.24) is 9.55 Å². The fourth-order valence-electron chi connectivity index (χ4n) is 3.80. The van der Waals surface area contributed by atoms with Crippen molar-refractivity contribution >= 4 is 5.95 Å². The van der Waals surface area contributed by atoms with Crippen LogP contribution >= 0.6 is 0 Å². The molecule has 2 heterocycles. The van der Waals surface area contributed by atoms with Gasteiger partial charge < -0.3 is 9.88 Å². The van der Waals surface area contributed by atoms with E-state index < -0.39 is 0 Å². The zero-order chi connectivity index (χ0) is 13.4. The molecular formula is C17H21N3. The molecule has 1 aliphatic carbocycles. The number of hydrogen-bond donors (Lipinski definition) is 1. The SMILES string of the molecule is c1ccc(-c2cn3c(n2)NCCC3C2CCCC2)cc1. The van der Waals surface area contributed by atoms with Crippen molar-refractivity contribution in [3.05, 3.63) is 36.5 Å². The lowest BCUT2D eigenvalue weighted by atomic mass is 9.94. The molecule has 0 amide bonds. The van der Waals surface area contributed by atoms with Crippen LogP contribution in [0.5, 0.6) is 0 Å². The Morgan fingerprint density at radius 2 is 1.85 bits per heavy atom. The molecule has 20 heavy (non-hydrogen) atoms. The number of aromatic nitrogens is 2. The molecule has 1 saturated carbocycles. The van der Waals surface area contributed by atoms with Crippen molar-refractivity contribution in [3.63, 3.8) is 0 Å². The van der Waals surface area contributed by atoms with E-state index in [1.165, 1.54) is 37.7 Å². The summed E-state index contributed by atoms with van der Waals surface area (Å²) in [5.41, 5.74) is 2.30. The Bertz CT molecular complexity index is 582. The molecule has 104 valence electrons. The number of nitrogens with one attached hydrogen (secondary N) is 1. The third-order valence-electron chi connectivity index (χ3n) is 4.83. The third kappa shape index (κ3) is 2.01. The lowest BCUT2D eigenvalue weighted by Gasteiger charge is -2.30. The summed E-state index contributed by atoms with van der Waals surface area (Å²) >= 11 is 0. The first kappa shape index (κ1) is 12.0. The highest BCUT2D eigenvalue weighted by atomic mass is 15.2. The molecule has 2 aromatic rings. The summed E-state index contributed by atoms with van der Waals surface area (Å²) in [6, 6.07) is 11.1. The van der Waals surface area contributed by atoms with Gasteiger partial charge in [-0.3, -0.25) is 0 Å². The minimum atomic E-state index is 0.652. The van der Waals surface area contributed by atoms with Gasteiger partial charge in [0.05, 0.1) is 5.69 Å². The first-order valence-electron chi connectivity index (χ1n) is 7.80. The van der Waals surface area contributed by atoms with Crippen molar-refractivity contribution < 1.29 is 0 Å². The third-order valence-corrected chi connectivity index (χ3v) is 4.83. The number of benzene rings is 1. The molecule has 0 radical (unpaired) electrons. The van der Waals surface area contributed by atoms with Gasteiger partial charge in [0.2, 0.25) is 5.95 Å². The molecule has 0 bridgehead atoms. The fourth-order valence-corrected chi connectivity index (χ4v) is 3.80. The summed E-state index contributed by atoms with van der Waals surface area (Å²) in [6.07, 6.45) is 9.09. The molecule has 1 aromatic carbocycles. The molecule has 3 heteroatoms. The molecular weight excluding hydrogens is 246 g/mol. The molecule has 1 N–H and O–H groups in total. The second-order valence-electron chi connectivity index (χ2n) is 6.05. The summed E-state index contributed by atoms with van der Waals surface area (Å²) in [5.74, 6) is 1.92. The number of imidazole rings is 1. The van der Waals surface area contributed by atoms with Crippen LogP contribution < -0.4 is 5.32 Å². The number of anilines is 1. The number of nitrogens with zero attached hydrogens (tertiary/aromatic N) is 2. The van der Waals surface area contributed by atoms with Gasteiger partial charge in [0.15, 0.2) is 0 Å². The van der Waals surface area contributed by atoms with Gasteiger partial charge in [-0.25, -0.2) is 4.98 Å². The highest BCUT2D eigenvalue weighted by Crippen LogP contribution is 2.40. The van der Waals surface area contributed by atoms with E-state index in [1.807, 2.05) is 0 Å². The van der Waals surface area contributed by atoms with Crippen LogP contribution in [-0.4, -0.2) is 16.1 Å². The molecule has 0 spiro atoms. The van der Waals surface area contributed by atoms with Gasteiger partial charge in [-0.05, 0) is 25.2 Å². The minimum absolute atomic E-state index is 0.652. The Hall–Kier alpha value is -1.77. The van der Waals surface area contributed by atoms with Gasteiger partial charge in [-0.1, -0.05) is 43.2 Å². The van der Waals surface area contributed by atoms with Crippen molar-refractivity contribution in [2.45, 2.75) is 38.1 Å². The molecule has 2 aliphatic rings. The average molecular weight is 267 g/mol. The van der Waals surface area contributed by atoms with Crippen LogP contribution in [0.4, 0.5) is 5.95 Å². The van der Waals surface area contributed by atoms with Crippen LogP contribution in [0.25, 0.3) is 11.3 Å². The smallest absolute Gasteiger partial charge is 0.203 e. The first-order valence-corrected chi connectivity index (χ1v) is 7.80. The lowest BCUT2D eigenvalue weighted by molar-refractivity contribution is 0.313. The Labute approximate surface area is 120 Å². The molecule has 1 aliphatic heterocycles. The van der Waals surface area contributed by atoms with Gasteiger partial charge in [-0.15, -0.1) is 0 Å². The van der Waals surface area contributed by atoms with Gasteiger partial charge >= 0.3 is 0 Å². The van der Waals surface area contributed by atoms with Crippen LogP contribution in [0, 0.1) is 5.92 Å². The van der Waals surface area contributed by atoms with Gasteiger partial charge in [-0.2, -0.15) is 0 Å². The van der Waals surface area contributed by atoms with Crippen LogP contribution in [0.1, 0.15) is 38.1 Å². The summed E-state index contributed by atoms with van der Waals surface area (Å²) in [7, 11) is 0. The summed E-state index contributed by atoms with van der Waals surface area (Å²) in [5, 5.41) is 3.46. The largest absolute Gasteiger partial charge is 0.356 e. The monoisotopic (exact) mass is 267 g/mol. The van der Waals surface area contributed by atoms with E-state index in [4.69, 9.17) is 4.98 Å². The van der Waals surface area contributed by atoms with E-state index in [0.29, 0.717) is 6.04 Å². The lowest BCUT2D eigenvalue weighted by Crippen LogP contribution is -2.27. The Balaban J connectivity index is 1.70. The zero-order valence-corrected chi connectivity index (χ0v) is 11.8. The summed E-state index contributed by atoms with van der Waals surface area (Å²) < 4.78 is 2.40. The van der Waals surface area contributed by atoms with Crippen molar-refractivity contribution in [1.29, 1.82) is 0 Å². The summed E-state index contributed by atoms with van der Waals surface area (Å²) in [4.78, 5) is 4.79. The predicted octanol–water partition coefficient (Wildman–Crippen LogP) is 4.10. The van der Waals surface area contributed by atoms with E-state index in [0.717, 1.165) is 24.1 Å². The van der Waals surface area contributed by atoms with Crippen molar-refractivity contribution in [2.75, 3.05) is 11.9 Å². The van der Waals surface area contributed by atoms with Crippen molar-refractivity contribution in [2.24, 2.45) is 5.92 Å². The second-order valence-corrected chi connectivity index (χ2v) is 6.05. The van der Waals surface area contributed by atoms with Gasteiger partial charge in [0.1, 0.15) is 0 Å². The van der Waals surface area contributed by atoms with E-state index in [-0.39, 0.29) is 0 Å². The van der Waals surface area contributed by atoms with Crippen LogP contribution in [0.2, 0.25) is 0 Å². The predicted molar refractivity (Wildman–Crippen MR) is 81.8 cm³/mol. The number of rotatable bonds is 2. The highest BCUT2D eigenvalue weighted by molar-refractivity contribution is 5.60. The van der Waals surface area contributed by atoms with Gasteiger partial charge in [0.25, 0.3) is 0 Å². The molecule has 3 nitrogen and oxygen atoms in total. The quantitative estimate of drug-likeness (QED) is 0.888. The van der Waals surface area contributed by atoms with Crippen LogP contribution in [0.15, 0.2) is 36.5 Å². The van der Waals surface area contributed by atoms with Crippen LogP contribution in [-0.2, 0) is 0 Å². The Kier molecular flexibility index (Phi) is 2.98. The van der Waals surface area contributed by atoms with Gasteiger partial charge in [0, 0.05) is 24.3 Å². The maximum atomic E-state index is 4.79. The normalized spacial score (nSPS) is 22.5. The molecule has 1 fully saturated rings. The van der Waals surface area contributed by atoms with Crippen LogP contribution in [0.3, 0.4) is 0 Å². The minimum Gasteiger partial charge on any atom is -0.356 e. The number of fused-ring (bicyclic) bond motifs is 1. The van der Waals surface area contributed by atoms with E-state index in [9.17, 15) is 0 Å². The highest BCUT2D eigenvalue weighted by Gasteiger charge is 2.30. The van der Waals surface area contributed by atoms with E-state index >= 15 is 0 Å². The standard InChI is InChI=1S/C17H21N3/c1-2-6-13(7-3-1)15-12-20-16(14-8-4-5-9-14)10-11-18-17(20)19-15/h1-3,6-7,12,14,16H,4-5,8-11H2,(H,18,19). The second kappa shape index (κ2) is 4.97. The topological polar surface area (TPSA) is 29.9 Å². The molecule has 1 aromatic heterocycles. The van der Waals surface area contributed by atoms with E-state index in [2.05, 4.69) is 46.4 Å². The summed E-state index contributed by atoms with van der Waals surface area (Å²) in [6.45, 7) is 1.06. The fraction of sp³-hybridized carbons (Fsp3) is 0.471. The Morgan fingerprint density at radius 3 is 2.65 bits per heavy atom.